The summed E-state index contributed by atoms with van der Waals surface area (Å²) in [5, 5.41) is 6.81. The average molecular weight is 372 g/mol. The lowest BCUT2D eigenvalue weighted by molar-refractivity contribution is -0.121. The van der Waals surface area contributed by atoms with Crippen LogP contribution in [0.5, 0.6) is 0 Å². The van der Waals surface area contributed by atoms with E-state index in [1.165, 1.54) is 0 Å². The molecule has 114 valence electrons. The molecule has 0 atom stereocenters. The Morgan fingerprint density at radius 2 is 2.29 bits per heavy atom. The summed E-state index contributed by atoms with van der Waals surface area (Å²) in [6, 6.07) is 3.98. The maximum atomic E-state index is 11.7. The number of hydrogen-bond donors (Lipinski definition) is 1. The summed E-state index contributed by atoms with van der Waals surface area (Å²) in [7, 11) is 0. The van der Waals surface area contributed by atoms with Crippen molar-refractivity contribution in [3.05, 3.63) is 32.5 Å². The molecule has 1 N–H and O–H groups in total. The maximum absolute atomic E-state index is 11.7. The van der Waals surface area contributed by atoms with Gasteiger partial charge in [-0.25, -0.2) is 0 Å². The highest BCUT2D eigenvalue weighted by atomic mass is 79.9. The van der Waals surface area contributed by atoms with Crippen molar-refractivity contribution in [1.29, 1.82) is 0 Å². The number of amides is 1. The molecule has 21 heavy (non-hydrogen) atoms. The Hall–Kier alpha value is -1.21. The van der Waals surface area contributed by atoms with Crippen molar-refractivity contribution < 1.29 is 9.32 Å². The topological polar surface area (TPSA) is 68.0 Å². The average Bonchev–Trinajstić information content (AvgIpc) is 3.05. The van der Waals surface area contributed by atoms with E-state index in [0.717, 1.165) is 14.5 Å². The van der Waals surface area contributed by atoms with Gasteiger partial charge in [0, 0.05) is 23.6 Å². The molecule has 0 aliphatic rings. The van der Waals surface area contributed by atoms with Crippen LogP contribution < -0.4 is 5.32 Å². The van der Waals surface area contributed by atoms with Crippen molar-refractivity contribution in [3.8, 4) is 0 Å². The zero-order valence-electron chi connectivity index (χ0n) is 12.1. The zero-order chi connectivity index (χ0) is 15.2. The van der Waals surface area contributed by atoms with Crippen LogP contribution in [-0.4, -0.2) is 16.0 Å². The third kappa shape index (κ3) is 5.24. The lowest BCUT2D eigenvalue weighted by atomic mass is 10.2. The second-order valence-corrected chi connectivity index (χ2v) is 7.58. The Labute approximate surface area is 136 Å². The van der Waals surface area contributed by atoms with Gasteiger partial charge in [0.2, 0.25) is 11.8 Å². The molecule has 0 saturated carbocycles. The van der Waals surface area contributed by atoms with Gasteiger partial charge in [0.05, 0.1) is 10.3 Å². The molecule has 0 radical (unpaired) electrons. The van der Waals surface area contributed by atoms with Crippen LogP contribution in [0.1, 0.15) is 49.2 Å². The molecule has 0 saturated heterocycles. The number of thiophene rings is 1. The summed E-state index contributed by atoms with van der Waals surface area (Å²) in [4.78, 5) is 17.2. The van der Waals surface area contributed by atoms with Crippen LogP contribution in [0.3, 0.4) is 0 Å². The van der Waals surface area contributed by atoms with E-state index in [2.05, 4.69) is 31.4 Å². The Kier molecular flexibility index (Phi) is 5.93. The van der Waals surface area contributed by atoms with Gasteiger partial charge in [-0.05, 0) is 34.5 Å². The van der Waals surface area contributed by atoms with Gasteiger partial charge < -0.3 is 9.84 Å². The zero-order valence-corrected chi connectivity index (χ0v) is 14.5. The summed E-state index contributed by atoms with van der Waals surface area (Å²) in [5.74, 6) is 1.63. The molecule has 5 nitrogen and oxygen atoms in total. The number of hydrogen-bond acceptors (Lipinski definition) is 5. The smallest absolute Gasteiger partial charge is 0.226 e. The van der Waals surface area contributed by atoms with E-state index in [9.17, 15) is 4.79 Å². The number of carbonyl (C=O) groups is 1. The minimum absolute atomic E-state index is 0.0446. The van der Waals surface area contributed by atoms with Gasteiger partial charge in [-0.1, -0.05) is 19.0 Å². The van der Waals surface area contributed by atoms with Crippen molar-refractivity contribution in [2.24, 2.45) is 0 Å². The van der Waals surface area contributed by atoms with Gasteiger partial charge in [-0.15, -0.1) is 11.3 Å². The molecule has 0 bridgehead atoms. The first-order chi connectivity index (χ1) is 10.0. The van der Waals surface area contributed by atoms with E-state index in [4.69, 9.17) is 4.52 Å². The highest BCUT2D eigenvalue weighted by molar-refractivity contribution is 9.11. The number of halogens is 1. The van der Waals surface area contributed by atoms with Crippen molar-refractivity contribution in [3.63, 3.8) is 0 Å². The highest BCUT2D eigenvalue weighted by Gasteiger charge is 2.10. The fourth-order valence-electron chi connectivity index (χ4n) is 1.73. The Bertz CT molecular complexity index is 595. The number of aryl methyl sites for hydroxylation is 1. The standard InChI is InChI=1S/C14H18BrN3O2S/c1-9(2)14-17-13(20-18-14)5-3-4-12(19)16-8-10-6-7-11(15)21-10/h6-7,9H,3-5,8H2,1-2H3,(H,16,19). The van der Waals surface area contributed by atoms with Gasteiger partial charge in [0.25, 0.3) is 0 Å². The number of nitrogens with zero attached hydrogens (tertiary/aromatic N) is 2. The van der Waals surface area contributed by atoms with E-state index in [0.29, 0.717) is 31.7 Å². The third-order valence-electron chi connectivity index (χ3n) is 2.88. The van der Waals surface area contributed by atoms with Crippen molar-refractivity contribution in [2.75, 3.05) is 0 Å². The van der Waals surface area contributed by atoms with E-state index in [-0.39, 0.29) is 11.8 Å². The second kappa shape index (κ2) is 7.70. The van der Waals surface area contributed by atoms with Gasteiger partial charge >= 0.3 is 0 Å². The summed E-state index contributed by atoms with van der Waals surface area (Å²) in [6.45, 7) is 4.61. The van der Waals surface area contributed by atoms with Crippen LogP contribution in [-0.2, 0) is 17.8 Å². The monoisotopic (exact) mass is 371 g/mol. The fraction of sp³-hybridized carbons (Fsp3) is 0.500. The number of carbonyl (C=O) groups excluding carboxylic acids is 1. The van der Waals surface area contributed by atoms with E-state index in [1.54, 1.807) is 11.3 Å². The largest absolute Gasteiger partial charge is 0.351 e. The third-order valence-corrected chi connectivity index (χ3v) is 4.51. The maximum Gasteiger partial charge on any atom is 0.226 e. The fourth-order valence-corrected chi connectivity index (χ4v) is 3.15. The van der Waals surface area contributed by atoms with Gasteiger partial charge in [-0.2, -0.15) is 4.98 Å². The van der Waals surface area contributed by atoms with E-state index < -0.39 is 0 Å². The quantitative estimate of drug-likeness (QED) is 0.806. The molecule has 0 aliphatic heterocycles. The predicted molar refractivity (Wildman–Crippen MR) is 85.2 cm³/mol. The summed E-state index contributed by atoms with van der Waals surface area (Å²) >= 11 is 5.03. The summed E-state index contributed by atoms with van der Waals surface area (Å²) in [6.07, 6.45) is 1.81. The number of aromatic nitrogens is 2. The van der Waals surface area contributed by atoms with Gasteiger partial charge in [0.1, 0.15) is 0 Å². The molecule has 2 heterocycles. The molecule has 0 unspecified atom stereocenters. The molecule has 0 fully saturated rings. The molecule has 0 aromatic carbocycles. The van der Waals surface area contributed by atoms with Crippen molar-refractivity contribution >= 4 is 33.2 Å². The molecular weight excluding hydrogens is 354 g/mol. The minimum atomic E-state index is 0.0446. The SMILES string of the molecule is CC(C)c1noc(CCCC(=O)NCc2ccc(Br)s2)n1. The first-order valence-electron chi connectivity index (χ1n) is 6.88. The predicted octanol–water partition coefficient (Wildman–Crippen LogP) is 3.66. The van der Waals surface area contributed by atoms with Crippen LogP contribution in [0.15, 0.2) is 20.4 Å². The summed E-state index contributed by atoms with van der Waals surface area (Å²) in [5.41, 5.74) is 0. The van der Waals surface area contributed by atoms with E-state index in [1.807, 2.05) is 26.0 Å². The van der Waals surface area contributed by atoms with Crippen molar-refractivity contribution in [2.45, 2.75) is 45.6 Å². The molecule has 2 aromatic heterocycles. The number of nitrogens with one attached hydrogen (secondary N) is 1. The lowest BCUT2D eigenvalue weighted by Crippen LogP contribution is -2.21. The Morgan fingerprint density at radius 1 is 1.48 bits per heavy atom. The molecule has 7 heteroatoms. The van der Waals surface area contributed by atoms with Crippen LogP contribution in [0.2, 0.25) is 0 Å². The molecule has 0 spiro atoms. The van der Waals surface area contributed by atoms with Crippen LogP contribution in [0.25, 0.3) is 0 Å². The van der Waals surface area contributed by atoms with Crippen molar-refractivity contribution in [1.82, 2.24) is 15.5 Å². The Morgan fingerprint density at radius 3 is 2.90 bits per heavy atom. The normalized spacial score (nSPS) is 11.0. The van der Waals surface area contributed by atoms with E-state index >= 15 is 0 Å². The molecule has 1 amide bonds. The highest BCUT2D eigenvalue weighted by Crippen LogP contribution is 2.21. The second-order valence-electron chi connectivity index (χ2n) is 5.04. The van der Waals surface area contributed by atoms with Gasteiger partial charge in [-0.3, -0.25) is 4.79 Å². The summed E-state index contributed by atoms with van der Waals surface area (Å²) < 4.78 is 6.22. The van der Waals surface area contributed by atoms with Gasteiger partial charge in [0.15, 0.2) is 5.82 Å². The first kappa shape index (κ1) is 16.2. The van der Waals surface area contributed by atoms with Crippen LogP contribution in [0, 0.1) is 0 Å². The van der Waals surface area contributed by atoms with Crippen LogP contribution >= 0.6 is 27.3 Å². The first-order valence-corrected chi connectivity index (χ1v) is 8.49. The molecule has 2 rings (SSSR count). The van der Waals surface area contributed by atoms with Crippen LogP contribution in [0.4, 0.5) is 0 Å². The molecular formula is C14H18BrN3O2S. The molecule has 2 aromatic rings. The minimum Gasteiger partial charge on any atom is -0.351 e. The molecule has 0 aliphatic carbocycles. The number of rotatable bonds is 7. The Balaban J connectivity index is 1.66. The lowest BCUT2D eigenvalue weighted by Gasteiger charge is -2.02.